The van der Waals surface area contributed by atoms with Crippen LogP contribution in [0.1, 0.15) is 30.6 Å². The Balaban J connectivity index is 2.92. The van der Waals surface area contributed by atoms with Gasteiger partial charge in [0.2, 0.25) is 0 Å². The molecule has 6 heteroatoms. The molecule has 0 aliphatic heterocycles. The monoisotopic (exact) mass is 211 g/mol. The van der Waals surface area contributed by atoms with Gasteiger partial charge in [-0.25, -0.2) is 4.79 Å². The minimum atomic E-state index is -0.681. The van der Waals surface area contributed by atoms with Crippen LogP contribution in [0.3, 0.4) is 0 Å². The molecule has 0 aromatic carbocycles. The fourth-order valence-electron chi connectivity index (χ4n) is 0.982. The second-order valence-corrected chi connectivity index (χ2v) is 3.27. The van der Waals surface area contributed by atoms with Crippen molar-refractivity contribution in [2.24, 2.45) is 0 Å². The van der Waals surface area contributed by atoms with Gasteiger partial charge in [0.25, 0.3) is 11.5 Å². The van der Waals surface area contributed by atoms with Gasteiger partial charge in [-0.3, -0.25) is 14.6 Å². The van der Waals surface area contributed by atoms with Crippen LogP contribution in [-0.4, -0.2) is 21.9 Å². The van der Waals surface area contributed by atoms with Gasteiger partial charge < -0.3 is 10.3 Å². The predicted octanol–water partition coefficient (Wildman–Crippen LogP) is -0.409. The molecule has 1 aromatic heterocycles. The second kappa shape index (κ2) is 4.59. The van der Waals surface area contributed by atoms with Crippen LogP contribution in [0.2, 0.25) is 0 Å². The normalized spacial score (nSPS) is 12.1. The summed E-state index contributed by atoms with van der Waals surface area (Å²) in [4.78, 5) is 37.6. The molecule has 0 saturated carbocycles. The molecular formula is C9H13N3O3. The van der Waals surface area contributed by atoms with E-state index < -0.39 is 17.2 Å². The topological polar surface area (TPSA) is 94.8 Å². The average molecular weight is 211 g/mol. The minimum absolute atomic E-state index is 0.0103. The Bertz CT molecular complexity index is 460. The number of aromatic nitrogens is 2. The zero-order valence-electron chi connectivity index (χ0n) is 8.59. The fourth-order valence-corrected chi connectivity index (χ4v) is 0.982. The Morgan fingerprint density at radius 2 is 2.20 bits per heavy atom. The van der Waals surface area contributed by atoms with Crippen molar-refractivity contribution in [1.82, 2.24) is 15.3 Å². The molecule has 1 amide bonds. The maximum absolute atomic E-state index is 11.5. The Morgan fingerprint density at radius 1 is 1.53 bits per heavy atom. The first-order valence-corrected chi connectivity index (χ1v) is 4.67. The summed E-state index contributed by atoms with van der Waals surface area (Å²) in [7, 11) is 0. The number of amides is 1. The first-order chi connectivity index (χ1) is 7.04. The summed E-state index contributed by atoms with van der Waals surface area (Å²) >= 11 is 0. The van der Waals surface area contributed by atoms with Gasteiger partial charge in [-0.05, 0) is 13.3 Å². The number of H-pyrrole nitrogens is 2. The number of hydrogen-bond acceptors (Lipinski definition) is 3. The quantitative estimate of drug-likeness (QED) is 0.634. The molecule has 0 aliphatic carbocycles. The zero-order valence-corrected chi connectivity index (χ0v) is 8.59. The van der Waals surface area contributed by atoms with Gasteiger partial charge >= 0.3 is 5.69 Å². The molecule has 1 aromatic rings. The summed E-state index contributed by atoms with van der Waals surface area (Å²) in [5.74, 6) is -0.484. The highest BCUT2D eigenvalue weighted by atomic mass is 16.2. The number of carbonyl (C=O) groups is 1. The maximum atomic E-state index is 11.5. The SMILES string of the molecule is CCC(C)NC(=O)c1c[nH]c(=O)[nH]c1=O. The van der Waals surface area contributed by atoms with Crippen LogP contribution < -0.4 is 16.6 Å². The molecule has 0 aliphatic rings. The van der Waals surface area contributed by atoms with E-state index in [4.69, 9.17) is 0 Å². The fraction of sp³-hybridized carbons (Fsp3) is 0.444. The Labute approximate surface area is 85.7 Å². The molecule has 0 bridgehead atoms. The molecule has 0 spiro atoms. The van der Waals surface area contributed by atoms with Crippen molar-refractivity contribution in [2.45, 2.75) is 26.3 Å². The first kappa shape index (κ1) is 11.2. The molecule has 15 heavy (non-hydrogen) atoms. The third-order valence-corrected chi connectivity index (χ3v) is 2.05. The lowest BCUT2D eigenvalue weighted by Crippen LogP contribution is -2.37. The van der Waals surface area contributed by atoms with Gasteiger partial charge in [0.1, 0.15) is 5.56 Å². The standard InChI is InChI=1S/C9H13N3O3/c1-3-5(2)11-7(13)6-4-10-9(15)12-8(6)14/h4-5H,3H2,1-2H3,(H,11,13)(H2,10,12,14,15). The van der Waals surface area contributed by atoms with Crippen molar-refractivity contribution in [3.05, 3.63) is 32.6 Å². The summed E-state index contributed by atoms with van der Waals surface area (Å²) in [6, 6.07) is -0.0103. The molecule has 3 N–H and O–H groups in total. The van der Waals surface area contributed by atoms with E-state index in [2.05, 4.69) is 10.3 Å². The number of rotatable bonds is 3. The Morgan fingerprint density at radius 3 is 2.73 bits per heavy atom. The van der Waals surface area contributed by atoms with Crippen molar-refractivity contribution in [2.75, 3.05) is 0 Å². The van der Waals surface area contributed by atoms with E-state index in [0.717, 1.165) is 12.6 Å². The third-order valence-electron chi connectivity index (χ3n) is 2.05. The van der Waals surface area contributed by atoms with E-state index in [-0.39, 0.29) is 11.6 Å². The zero-order chi connectivity index (χ0) is 11.4. The number of nitrogens with one attached hydrogen (secondary N) is 3. The lowest BCUT2D eigenvalue weighted by Gasteiger charge is -2.10. The Kier molecular flexibility index (Phi) is 3.43. The molecule has 1 unspecified atom stereocenters. The van der Waals surface area contributed by atoms with Gasteiger partial charge in [0, 0.05) is 12.2 Å². The lowest BCUT2D eigenvalue weighted by atomic mass is 10.2. The highest BCUT2D eigenvalue weighted by Crippen LogP contribution is 1.91. The van der Waals surface area contributed by atoms with Crippen LogP contribution in [0.25, 0.3) is 0 Å². The van der Waals surface area contributed by atoms with Gasteiger partial charge in [-0.1, -0.05) is 6.92 Å². The van der Waals surface area contributed by atoms with E-state index in [9.17, 15) is 14.4 Å². The molecule has 0 radical (unpaired) electrons. The molecule has 0 saturated heterocycles. The van der Waals surface area contributed by atoms with Crippen LogP contribution >= 0.6 is 0 Å². The van der Waals surface area contributed by atoms with Crippen molar-refractivity contribution in [3.63, 3.8) is 0 Å². The summed E-state index contributed by atoms with van der Waals surface area (Å²) in [5.41, 5.74) is -1.39. The highest BCUT2D eigenvalue weighted by molar-refractivity contribution is 5.93. The highest BCUT2D eigenvalue weighted by Gasteiger charge is 2.12. The van der Waals surface area contributed by atoms with Crippen LogP contribution in [-0.2, 0) is 0 Å². The van der Waals surface area contributed by atoms with E-state index in [1.165, 1.54) is 0 Å². The van der Waals surface area contributed by atoms with Gasteiger partial charge in [0.15, 0.2) is 0 Å². The van der Waals surface area contributed by atoms with Crippen LogP contribution in [0, 0.1) is 0 Å². The molecule has 82 valence electrons. The molecule has 6 nitrogen and oxygen atoms in total. The van der Waals surface area contributed by atoms with Gasteiger partial charge in [-0.15, -0.1) is 0 Å². The van der Waals surface area contributed by atoms with E-state index in [1.54, 1.807) is 0 Å². The van der Waals surface area contributed by atoms with Gasteiger partial charge in [-0.2, -0.15) is 0 Å². The van der Waals surface area contributed by atoms with Crippen molar-refractivity contribution < 1.29 is 4.79 Å². The van der Waals surface area contributed by atoms with Crippen molar-refractivity contribution in [1.29, 1.82) is 0 Å². The largest absolute Gasteiger partial charge is 0.349 e. The summed E-state index contributed by atoms with van der Waals surface area (Å²) in [5, 5.41) is 2.63. The first-order valence-electron chi connectivity index (χ1n) is 4.67. The lowest BCUT2D eigenvalue weighted by molar-refractivity contribution is 0.0937. The van der Waals surface area contributed by atoms with E-state index >= 15 is 0 Å². The summed E-state index contributed by atoms with van der Waals surface area (Å²) < 4.78 is 0. The summed E-state index contributed by atoms with van der Waals surface area (Å²) in [6.45, 7) is 3.75. The number of aromatic amines is 2. The number of hydrogen-bond donors (Lipinski definition) is 3. The van der Waals surface area contributed by atoms with Crippen molar-refractivity contribution in [3.8, 4) is 0 Å². The van der Waals surface area contributed by atoms with Gasteiger partial charge in [0.05, 0.1) is 0 Å². The minimum Gasteiger partial charge on any atom is -0.349 e. The molecular weight excluding hydrogens is 198 g/mol. The molecule has 0 fully saturated rings. The summed E-state index contributed by atoms with van der Waals surface area (Å²) in [6.07, 6.45) is 1.88. The van der Waals surface area contributed by atoms with Crippen molar-refractivity contribution >= 4 is 5.91 Å². The van der Waals surface area contributed by atoms with E-state index in [1.807, 2.05) is 18.8 Å². The van der Waals surface area contributed by atoms with Crippen LogP contribution in [0.5, 0.6) is 0 Å². The maximum Gasteiger partial charge on any atom is 0.325 e. The number of carbonyl (C=O) groups excluding carboxylic acids is 1. The third kappa shape index (κ3) is 2.80. The molecule has 1 heterocycles. The molecule has 1 atom stereocenters. The van der Waals surface area contributed by atoms with Crippen LogP contribution in [0.15, 0.2) is 15.8 Å². The average Bonchev–Trinajstić information content (AvgIpc) is 2.17. The van der Waals surface area contributed by atoms with E-state index in [0.29, 0.717) is 0 Å². The predicted molar refractivity (Wildman–Crippen MR) is 54.9 cm³/mol. The second-order valence-electron chi connectivity index (χ2n) is 3.27. The Hall–Kier alpha value is -1.85. The van der Waals surface area contributed by atoms with Crippen LogP contribution in [0.4, 0.5) is 0 Å². The smallest absolute Gasteiger partial charge is 0.325 e. The molecule has 1 rings (SSSR count).